The van der Waals surface area contributed by atoms with Gasteiger partial charge in [0.2, 0.25) is 0 Å². The molecule has 0 aliphatic rings. The van der Waals surface area contributed by atoms with E-state index in [1.54, 1.807) is 25.3 Å². The van der Waals surface area contributed by atoms with Crippen LogP contribution in [0, 0.1) is 0 Å². The van der Waals surface area contributed by atoms with E-state index in [0.717, 1.165) is 5.39 Å². The van der Waals surface area contributed by atoms with Crippen molar-refractivity contribution in [2.75, 3.05) is 12.8 Å². The summed E-state index contributed by atoms with van der Waals surface area (Å²) in [6, 6.07) is 11.9. The highest BCUT2D eigenvalue weighted by molar-refractivity contribution is 6.33. The molecule has 0 saturated heterocycles. The van der Waals surface area contributed by atoms with Gasteiger partial charge >= 0.3 is 5.97 Å². The lowest BCUT2D eigenvalue weighted by Crippen LogP contribution is -2.06. The second kappa shape index (κ2) is 7.17. The first kappa shape index (κ1) is 17.3. The Morgan fingerprint density at radius 1 is 1.16 bits per heavy atom. The number of hydrogen-bond donors (Lipinski definition) is 1. The summed E-state index contributed by atoms with van der Waals surface area (Å²) in [7, 11) is 1.58. The Labute approximate surface area is 154 Å². The van der Waals surface area contributed by atoms with E-state index in [0.29, 0.717) is 33.1 Å². The van der Waals surface area contributed by atoms with Gasteiger partial charge in [0.1, 0.15) is 17.5 Å². The quantitative estimate of drug-likeness (QED) is 0.412. The smallest absolute Gasteiger partial charge is 0.338 e. The van der Waals surface area contributed by atoms with Crippen LogP contribution >= 0.6 is 23.2 Å². The number of nitrogens with two attached hydrogens (primary N) is 1. The summed E-state index contributed by atoms with van der Waals surface area (Å²) in [5.74, 6) is 0.171. The van der Waals surface area contributed by atoms with Crippen LogP contribution in [0.15, 0.2) is 42.5 Å². The van der Waals surface area contributed by atoms with Gasteiger partial charge in [0.25, 0.3) is 0 Å². The number of aromatic nitrogens is 1. The summed E-state index contributed by atoms with van der Waals surface area (Å²) < 4.78 is 10.5. The molecule has 1 heterocycles. The van der Waals surface area contributed by atoms with E-state index in [9.17, 15) is 4.79 Å². The Balaban J connectivity index is 1.79. The van der Waals surface area contributed by atoms with E-state index in [4.69, 9.17) is 38.4 Å². The molecule has 128 valence electrons. The predicted molar refractivity (Wildman–Crippen MR) is 98.3 cm³/mol. The zero-order valence-electron chi connectivity index (χ0n) is 13.3. The number of nitrogens with zero attached hydrogens (tertiary/aromatic N) is 1. The monoisotopic (exact) mass is 376 g/mol. The van der Waals surface area contributed by atoms with Gasteiger partial charge in [0, 0.05) is 17.0 Å². The van der Waals surface area contributed by atoms with Gasteiger partial charge in [0.15, 0.2) is 0 Å². The molecule has 0 saturated carbocycles. The van der Waals surface area contributed by atoms with Crippen molar-refractivity contribution >= 4 is 45.8 Å². The number of halogens is 2. The first-order valence-corrected chi connectivity index (χ1v) is 8.09. The normalized spacial score (nSPS) is 10.7. The number of esters is 1. The molecule has 3 aromatic rings. The number of anilines is 1. The van der Waals surface area contributed by atoms with Crippen molar-refractivity contribution in [2.45, 2.75) is 6.61 Å². The minimum Gasteiger partial charge on any atom is -0.497 e. The van der Waals surface area contributed by atoms with Crippen LogP contribution in [0.4, 0.5) is 5.69 Å². The van der Waals surface area contributed by atoms with Crippen molar-refractivity contribution in [1.82, 2.24) is 4.98 Å². The van der Waals surface area contributed by atoms with E-state index in [1.807, 2.05) is 18.2 Å². The fourth-order valence-electron chi connectivity index (χ4n) is 2.29. The molecule has 0 amide bonds. The van der Waals surface area contributed by atoms with Gasteiger partial charge in [-0.1, -0.05) is 23.2 Å². The van der Waals surface area contributed by atoms with E-state index in [2.05, 4.69) is 4.98 Å². The summed E-state index contributed by atoms with van der Waals surface area (Å²) >= 11 is 12.0. The maximum absolute atomic E-state index is 12.1. The second-order valence-corrected chi connectivity index (χ2v) is 6.07. The Bertz CT molecular complexity index is 960. The van der Waals surface area contributed by atoms with Gasteiger partial charge in [-0.15, -0.1) is 0 Å². The molecular weight excluding hydrogens is 363 g/mol. The topological polar surface area (TPSA) is 74.4 Å². The molecule has 5 nitrogen and oxygen atoms in total. The Hall–Kier alpha value is -2.50. The Kier molecular flexibility index (Phi) is 4.97. The summed E-state index contributed by atoms with van der Waals surface area (Å²) in [6.45, 7) is -0.00479. The van der Waals surface area contributed by atoms with Crippen molar-refractivity contribution in [2.24, 2.45) is 0 Å². The second-order valence-electron chi connectivity index (χ2n) is 5.31. The number of methoxy groups -OCH3 is 1. The van der Waals surface area contributed by atoms with Crippen LogP contribution in [0.3, 0.4) is 0 Å². The average molecular weight is 377 g/mol. The van der Waals surface area contributed by atoms with Crippen LogP contribution in [0.2, 0.25) is 10.2 Å². The molecule has 0 fully saturated rings. The zero-order chi connectivity index (χ0) is 18.0. The van der Waals surface area contributed by atoms with Crippen LogP contribution in [0.25, 0.3) is 10.9 Å². The molecule has 0 atom stereocenters. The number of carbonyl (C=O) groups excluding carboxylic acids is 1. The average Bonchev–Trinajstić information content (AvgIpc) is 2.61. The van der Waals surface area contributed by atoms with E-state index in [-0.39, 0.29) is 11.8 Å². The van der Waals surface area contributed by atoms with Crippen LogP contribution in [-0.2, 0) is 11.3 Å². The van der Waals surface area contributed by atoms with Crippen molar-refractivity contribution in [3.8, 4) is 5.75 Å². The highest BCUT2D eigenvalue weighted by Gasteiger charge is 2.12. The Morgan fingerprint density at radius 3 is 2.68 bits per heavy atom. The molecule has 0 spiro atoms. The van der Waals surface area contributed by atoms with Crippen LogP contribution in [0.5, 0.6) is 5.75 Å². The van der Waals surface area contributed by atoms with E-state index in [1.165, 1.54) is 6.07 Å². The predicted octanol–water partition coefficient (Wildman–Crippen LogP) is 4.49. The number of carbonyl (C=O) groups is 1. The van der Waals surface area contributed by atoms with Gasteiger partial charge in [0.05, 0.1) is 28.9 Å². The third kappa shape index (κ3) is 3.78. The number of nitrogen functional groups attached to an aromatic ring is 1. The number of ether oxygens (including phenoxy) is 2. The van der Waals surface area contributed by atoms with Gasteiger partial charge in [-0.25, -0.2) is 9.78 Å². The molecule has 1 aromatic heterocycles. The maximum Gasteiger partial charge on any atom is 0.338 e. The number of hydrogen-bond acceptors (Lipinski definition) is 5. The van der Waals surface area contributed by atoms with E-state index >= 15 is 0 Å². The van der Waals surface area contributed by atoms with Crippen molar-refractivity contribution in [1.29, 1.82) is 0 Å². The number of pyridine rings is 1. The highest BCUT2D eigenvalue weighted by atomic mass is 35.5. The van der Waals surface area contributed by atoms with Crippen molar-refractivity contribution in [3.63, 3.8) is 0 Å². The molecule has 2 N–H and O–H groups in total. The lowest BCUT2D eigenvalue weighted by atomic mass is 10.1. The minimum absolute atomic E-state index is 0.00479. The van der Waals surface area contributed by atoms with Crippen LogP contribution in [0.1, 0.15) is 15.9 Å². The van der Waals surface area contributed by atoms with Crippen LogP contribution < -0.4 is 10.5 Å². The van der Waals surface area contributed by atoms with Crippen molar-refractivity contribution in [3.05, 3.63) is 63.8 Å². The fraction of sp³-hybridized carbons (Fsp3) is 0.111. The number of benzene rings is 2. The van der Waals surface area contributed by atoms with Gasteiger partial charge in [-0.3, -0.25) is 0 Å². The third-order valence-electron chi connectivity index (χ3n) is 3.64. The SMILES string of the molecule is COc1ccc2cc(COC(=O)c3ccc(Cl)c(N)c3)c(Cl)nc2c1. The molecule has 3 rings (SSSR count). The lowest BCUT2D eigenvalue weighted by Gasteiger charge is -2.09. The van der Waals surface area contributed by atoms with Crippen molar-refractivity contribution < 1.29 is 14.3 Å². The fourth-order valence-corrected chi connectivity index (χ4v) is 2.61. The first-order chi connectivity index (χ1) is 12.0. The molecule has 0 aliphatic heterocycles. The minimum atomic E-state index is -0.519. The highest BCUT2D eigenvalue weighted by Crippen LogP contribution is 2.25. The van der Waals surface area contributed by atoms with Crippen LogP contribution in [-0.4, -0.2) is 18.1 Å². The summed E-state index contributed by atoms with van der Waals surface area (Å²) in [5, 5.41) is 1.52. The Morgan fingerprint density at radius 2 is 1.96 bits per heavy atom. The number of rotatable bonds is 4. The largest absolute Gasteiger partial charge is 0.497 e. The molecule has 2 aromatic carbocycles. The lowest BCUT2D eigenvalue weighted by molar-refractivity contribution is 0.0473. The molecule has 25 heavy (non-hydrogen) atoms. The molecule has 0 radical (unpaired) electrons. The molecule has 0 unspecified atom stereocenters. The maximum atomic E-state index is 12.1. The molecular formula is C18H14Cl2N2O3. The van der Waals surface area contributed by atoms with Gasteiger partial charge in [-0.2, -0.15) is 0 Å². The molecule has 7 heteroatoms. The summed E-state index contributed by atoms with van der Waals surface area (Å²) in [4.78, 5) is 16.5. The number of fused-ring (bicyclic) bond motifs is 1. The first-order valence-electron chi connectivity index (χ1n) is 7.33. The van der Waals surface area contributed by atoms with Gasteiger partial charge in [-0.05, 0) is 36.4 Å². The summed E-state index contributed by atoms with van der Waals surface area (Å²) in [5.41, 5.74) is 7.63. The van der Waals surface area contributed by atoms with E-state index < -0.39 is 5.97 Å². The standard InChI is InChI=1S/C18H14Cl2N2O3/c1-24-13-4-2-10-6-12(17(20)22-16(10)8-13)9-25-18(23)11-3-5-14(19)15(21)7-11/h2-8H,9,21H2,1H3. The molecule has 0 aliphatic carbocycles. The third-order valence-corrected chi connectivity index (χ3v) is 4.31. The zero-order valence-corrected chi connectivity index (χ0v) is 14.8. The summed E-state index contributed by atoms with van der Waals surface area (Å²) in [6.07, 6.45) is 0. The molecule has 0 bridgehead atoms. The van der Waals surface area contributed by atoms with Gasteiger partial charge < -0.3 is 15.2 Å².